The van der Waals surface area contributed by atoms with Crippen LogP contribution in [0.5, 0.6) is 0 Å². The zero-order valence-electron chi connectivity index (χ0n) is 13.9. The third-order valence-corrected chi connectivity index (χ3v) is 4.99. The summed E-state index contributed by atoms with van der Waals surface area (Å²) in [6.07, 6.45) is 2.77. The largest absolute Gasteiger partial charge is 0.369 e. The lowest BCUT2D eigenvalue weighted by atomic mass is 10.2. The Bertz CT molecular complexity index is 880. The molecule has 0 fully saturated rings. The van der Waals surface area contributed by atoms with E-state index in [0.717, 1.165) is 22.5 Å². The lowest BCUT2D eigenvalue weighted by molar-refractivity contribution is -0.121. The number of hydrogen-bond acceptors (Lipinski definition) is 5. The molecule has 7 heteroatoms. The highest BCUT2D eigenvalue weighted by Gasteiger charge is 2.09. The third-order valence-electron chi connectivity index (χ3n) is 3.81. The summed E-state index contributed by atoms with van der Waals surface area (Å²) in [5, 5.41) is 6.90. The molecule has 0 bridgehead atoms. The quantitative estimate of drug-likeness (QED) is 0.678. The normalized spacial score (nSPS) is 10.8. The third kappa shape index (κ3) is 4.30. The summed E-state index contributed by atoms with van der Waals surface area (Å²) in [5.74, 6) is 0.289. The minimum Gasteiger partial charge on any atom is -0.369 e. The van der Waals surface area contributed by atoms with E-state index in [4.69, 9.17) is 0 Å². The Balaban J connectivity index is 1.52. The molecule has 0 aliphatic heterocycles. The lowest BCUT2D eigenvalue weighted by Gasteiger charge is -2.08. The van der Waals surface area contributed by atoms with Crippen LogP contribution in [0.15, 0.2) is 36.7 Å². The predicted octanol–water partition coefficient (Wildman–Crippen LogP) is 3.51. The summed E-state index contributed by atoms with van der Waals surface area (Å²) in [5.41, 5.74) is 0.478. The molecule has 130 valence electrons. The minimum atomic E-state index is -0.312. The number of thiophene rings is 1. The monoisotopic (exact) mass is 358 g/mol. The molecule has 0 radical (unpaired) electrons. The summed E-state index contributed by atoms with van der Waals surface area (Å²) in [7, 11) is 0. The van der Waals surface area contributed by atoms with E-state index in [2.05, 4.69) is 33.6 Å². The highest BCUT2D eigenvalue weighted by molar-refractivity contribution is 7.18. The van der Waals surface area contributed by atoms with E-state index < -0.39 is 0 Å². The highest BCUT2D eigenvalue weighted by Crippen LogP contribution is 2.28. The highest BCUT2D eigenvalue weighted by atomic mass is 32.1. The summed E-state index contributed by atoms with van der Waals surface area (Å²) in [4.78, 5) is 22.7. The van der Waals surface area contributed by atoms with Crippen LogP contribution in [-0.2, 0) is 17.8 Å². The summed E-state index contributed by atoms with van der Waals surface area (Å²) in [6.45, 7) is 2.74. The van der Waals surface area contributed by atoms with E-state index in [-0.39, 0.29) is 24.7 Å². The van der Waals surface area contributed by atoms with Gasteiger partial charge in [0.05, 0.1) is 5.39 Å². The molecule has 0 aliphatic rings. The Morgan fingerprint density at radius 2 is 2.12 bits per heavy atom. The number of halogens is 1. The van der Waals surface area contributed by atoms with Crippen molar-refractivity contribution in [2.75, 3.05) is 11.9 Å². The van der Waals surface area contributed by atoms with E-state index >= 15 is 0 Å². The summed E-state index contributed by atoms with van der Waals surface area (Å²) in [6, 6.07) is 8.50. The van der Waals surface area contributed by atoms with E-state index in [0.29, 0.717) is 12.1 Å². The minimum absolute atomic E-state index is 0.138. The number of anilines is 1. The molecule has 25 heavy (non-hydrogen) atoms. The molecular weight excluding hydrogens is 339 g/mol. The van der Waals surface area contributed by atoms with Crippen LogP contribution in [-0.4, -0.2) is 22.4 Å². The van der Waals surface area contributed by atoms with Crippen molar-refractivity contribution in [3.63, 3.8) is 0 Å². The fourth-order valence-corrected chi connectivity index (χ4v) is 3.37. The van der Waals surface area contributed by atoms with Gasteiger partial charge in [0, 0.05) is 30.0 Å². The Hall–Kier alpha value is -2.54. The van der Waals surface area contributed by atoms with Gasteiger partial charge in [-0.3, -0.25) is 4.79 Å². The Labute approximate surface area is 149 Å². The first-order valence-corrected chi connectivity index (χ1v) is 8.96. The fourth-order valence-electron chi connectivity index (χ4n) is 2.44. The van der Waals surface area contributed by atoms with Crippen molar-refractivity contribution in [1.29, 1.82) is 0 Å². The fraction of sp³-hybridized carbons (Fsp3) is 0.278. The number of nitrogens with one attached hydrogen (secondary N) is 2. The van der Waals surface area contributed by atoms with Gasteiger partial charge >= 0.3 is 0 Å². The molecule has 2 aromatic heterocycles. The van der Waals surface area contributed by atoms with Crippen LogP contribution in [0.4, 0.5) is 10.2 Å². The molecule has 0 saturated carbocycles. The van der Waals surface area contributed by atoms with Crippen LogP contribution in [0.2, 0.25) is 0 Å². The number of aromatic nitrogens is 2. The second-order valence-electron chi connectivity index (χ2n) is 5.55. The second kappa shape index (κ2) is 8.02. The van der Waals surface area contributed by atoms with Gasteiger partial charge in [0.25, 0.3) is 0 Å². The van der Waals surface area contributed by atoms with Gasteiger partial charge in [-0.05, 0) is 18.6 Å². The van der Waals surface area contributed by atoms with Crippen molar-refractivity contribution in [1.82, 2.24) is 15.3 Å². The van der Waals surface area contributed by atoms with Gasteiger partial charge in [0.1, 0.15) is 22.8 Å². The molecule has 1 aromatic carbocycles. The number of hydrogen-bond donors (Lipinski definition) is 2. The van der Waals surface area contributed by atoms with Gasteiger partial charge in [-0.25, -0.2) is 14.4 Å². The van der Waals surface area contributed by atoms with Crippen LogP contribution < -0.4 is 10.6 Å². The van der Waals surface area contributed by atoms with Gasteiger partial charge in [0.2, 0.25) is 5.91 Å². The average molecular weight is 358 g/mol. The van der Waals surface area contributed by atoms with Crippen LogP contribution >= 0.6 is 11.3 Å². The molecule has 5 nitrogen and oxygen atoms in total. The van der Waals surface area contributed by atoms with Crippen molar-refractivity contribution in [3.05, 3.63) is 52.9 Å². The molecule has 2 N–H and O–H groups in total. The number of carbonyl (C=O) groups excluding carboxylic acids is 1. The molecule has 0 spiro atoms. The summed E-state index contributed by atoms with van der Waals surface area (Å²) < 4.78 is 13.5. The van der Waals surface area contributed by atoms with Gasteiger partial charge in [-0.15, -0.1) is 11.3 Å². The van der Waals surface area contributed by atoms with E-state index in [1.807, 2.05) is 0 Å². The zero-order chi connectivity index (χ0) is 17.6. The number of carbonyl (C=O) groups is 1. The lowest BCUT2D eigenvalue weighted by Crippen LogP contribution is -2.25. The molecule has 0 aliphatic carbocycles. The van der Waals surface area contributed by atoms with Crippen LogP contribution in [0.3, 0.4) is 0 Å². The van der Waals surface area contributed by atoms with Crippen LogP contribution in [0.25, 0.3) is 10.2 Å². The number of nitrogens with zero attached hydrogens (tertiary/aromatic N) is 2. The molecule has 3 aromatic rings. The standard InChI is InChI=1S/C18H19FN4OS/c1-2-13-9-14-17(22-11-23-18(14)25-13)20-8-7-16(24)21-10-12-5-3-4-6-15(12)19/h3-6,9,11H,2,7-8,10H2,1H3,(H,21,24)(H,20,22,23). The number of aryl methyl sites for hydroxylation is 1. The molecule has 3 rings (SSSR count). The molecule has 1 amide bonds. The maximum Gasteiger partial charge on any atom is 0.222 e. The number of rotatable bonds is 7. The van der Waals surface area contributed by atoms with Crippen molar-refractivity contribution in [2.24, 2.45) is 0 Å². The van der Waals surface area contributed by atoms with Gasteiger partial charge in [0.15, 0.2) is 0 Å². The average Bonchev–Trinajstić information content (AvgIpc) is 3.05. The molecule has 0 saturated heterocycles. The molecule has 0 unspecified atom stereocenters. The zero-order valence-corrected chi connectivity index (χ0v) is 14.7. The van der Waals surface area contributed by atoms with Gasteiger partial charge in [-0.1, -0.05) is 25.1 Å². The molecule has 0 atom stereocenters. The maximum atomic E-state index is 13.5. The predicted molar refractivity (Wildman–Crippen MR) is 98.1 cm³/mol. The molecular formula is C18H19FN4OS. The van der Waals surface area contributed by atoms with E-state index in [1.165, 1.54) is 17.3 Å². The van der Waals surface area contributed by atoms with Crippen LogP contribution in [0.1, 0.15) is 23.8 Å². The number of benzene rings is 1. The van der Waals surface area contributed by atoms with E-state index in [1.54, 1.807) is 29.5 Å². The van der Waals surface area contributed by atoms with Gasteiger partial charge in [-0.2, -0.15) is 0 Å². The Morgan fingerprint density at radius 1 is 1.28 bits per heavy atom. The Kier molecular flexibility index (Phi) is 5.55. The van der Waals surface area contributed by atoms with Gasteiger partial charge < -0.3 is 10.6 Å². The number of fused-ring (bicyclic) bond motifs is 1. The smallest absolute Gasteiger partial charge is 0.222 e. The first-order valence-electron chi connectivity index (χ1n) is 8.14. The van der Waals surface area contributed by atoms with Crippen LogP contribution in [0, 0.1) is 5.82 Å². The Morgan fingerprint density at radius 3 is 2.92 bits per heavy atom. The second-order valence-corrected chi connectivity index (χ2v) is 6.67. The number of amides is 1. The maximum absolute atomic E-state index is 13.5. The van der Waals surface area contributed by atoms with E-state index in [9.17, 15) is 9.18 Å². The first kappa shape index (κ1) is 17.3. The summed E-state index contributed by atoms with van der Waals surface area (Å²) >= 11 is 1.65. The van der Waals surface area contributed by atoms with Crippen molar-refractivity contribution >= 4 is 33.3 Å². The van der Waals surface area contributed by atoms with Crippen molar-refractivity contribution < 1.29 is 9.18 Å². The van der Waals surface area contributed by atoms with Crippen molar-refractivity contribution in [3.8, 4) is 0 Å². The van der Waals surface area contributed by atoms with Crippen molar-refractivity contribution in [2.45, 2.75) is 26.3 Å². The topological polar surface area (TPSA) is 66.9 Å². The SMILES string of the molecule is CCc1cc2c(NCCC(=O)NCc3ccccc3F)ncnc2s1. The first-order chi connectivity index (χ1) is 12.2. The molecule has 2 heterocycles.